The summed E-state index contributed by atoms with van der Waals surface area (Å²) in [6.07, 6.45) is 16.4. The lowest BCUT2D eigenvalue weighted by Crippen LogP contribution is -2.00. The third-order valence-electron chi connectivity index (χ3n) is 7.03. The minimum Gasteiger partial charge on any atom is -0.504 e. The van der Waals surface area contributed by atoms with E-state index in [2.05, 4.69) is 13.8 Å². The van der Waals surface area contributed by atoms with Crippen LogP contribution < -0.4 is 0 Å². The number of phenolic OH excluding ortho intramolecular Hbond substituents is 2. The second-order valence-electron chi connectivity index (χ2n) is 9.15. The summed E-state index contributed by atoms with van der Waals surface area (Å²) < 4.78 is 0. The second-order valence-corrected chi connectivity index (χ2v) is 9.15. The van der Waals surface area contributed by atoms with Crippen molar-refractivity contribution < 1.29 is 10.2 Å². The van der Waals surface area contributed by atoms with E-state index >= 15 is 0 Å². The van der Waals surface area contributed by atoms with E-state index in [1.165, 1.54) is 69.8 Å². The van der Waals surface area contributed by atoms with Crippen LogP contribution in [-0.4, -0.2) is 10.2 Å². The summed E-state index contributed by atoms with van der Waals surface area (Å²) in [5, 5.41) is 20.2. The Labute approximate surface area is 153 Å². The maximum absolute atomic E-state index is 10.3. The first-order valence-electron chi connectivity index (χ1n) is 10.5. The van der Waals surface area contributed by atoms with Gasteiger partial charge in [-0.2, -0.15) is 0 Å². The van der Waals surface area contributed by atoms with Gasteiger partial charge in [-0.3, -0.25) is 0 Å². The Morgan fingerprint density at radius 3 is 2.20 bits per heavy atom. The normalized spacial score (nSPS) is 19.8. The zero-order valence-corrected chi connectivity index (χ0v) is 16.2. The van der Waals surface area contributed by atoms with Crippen LogP contribution in [0.15, 0.2) is 12.1 Å². The average molecular weight is 345 g/mol. The highest BCUT2D eigenvalue weighted by molar-refractivity contribution is 5.49. The molecule has 1 aromatic carbocycles. The number of aryl methyl sites for hydroxylation is 1. The highest BCUT2D eigenvalue weighted by atomic mass is 16.3. The second kappa shape index (κ2) is 7.60. The smallest absolute Gasteiger partial charge is 0.160 e. The molecule has 0 aromatic heterocycles. The molecule has 0 aliphatic heterocycles. The first-order chi connectivity index (χ1) is 12.0. The SMILES string of the molecule is CCC1(CCCCc2ccc(O)c(O)c2CCCCC2(C)CC2)CC1. The number of unbranched alkanes of at least 4 members (excludes halogenated alkanes) is 2. The molecule has 0 saturated heterocycles. The van der Waals surface area contributed by atoms with Crippen LogP contribution in [0.5, 0.6) is 11.5 Å². The van der Waals surface area contributed by atoms with E-state index in [0.717, 1.165) is 24.8 Å². The predicted molar refractivity (Wildman–Crippen MR) is 104 cm³/mol. The number of hydrogen-bond acceptors (Lipinski definition) is 2. The molecule has 3 rings (SSSR count). The Kier molecular flexibility index (Phi) is 5.65. The molecule has 0 spiro atoms. The van der Waals surface area contributed by atoms with Crippen LogP contribution in [0.3, 0.4) is 0 Å². The van der Waals surface area contributed by atoms with Gasteiger partial charge in [-0.1, -0.05) is 39.2 Å². The van der Waals surface area contributed by atoms with Crippen molar-refractivity contribution >= 4 is 0 Å². The van der Waals surface area contributed by atoms with Crippen molar-refractivity contribution in [2.45, 2.75) is 97.3 Å². The quantitative estimate of drug-likeness (QED) is 0.354. The average Bonchev–Trinajstić information content (AvgIpc) is 3.52. The summed E-state index contributed by atoms with van der Waals surface area (Å²) in [7, 11) is 0. The van der Waals surface area contributed by atoms with Crippen LogP contribution >= 0.6 is 0 Å². The molecule has 0 bridgehead atoms. The van der Waals surface area contributed by atoms with E-state index in [-0.39, 0.29) is 11.5 Å². The molecule has 2 nitrogen and oxygen atoms in total. The lowest BCUT2D eigenvalue weighted by Gasteiger charge is -2.15. The first-order valence-corrected chi connectivity index (χ1v) is 10.5. The summed E-state index contributed by atoms with van der Waals surface area (Å²) in [4.78, 5) is 0. The molecular weight excluding hydrogens is 308 g/mol. The Balaban J connectivity index is 1.49. The van der Waals surface area contributed by atoms with Crippen molar-refractivity contribution in [3.63, 3.8) is 0 Å². The molecule has 0 amide bonds. The fraction of sp³-hybridized carbons (Fsp3) is 0.739. The van der Waals surface area contributed by atoms with Gasteiger partial charge in [0.1, 0.15) is 0 Å². The molecule has 25 heavy (non-hydrogen) atoms. The topological polar surface area (TPSA) is 40.5 Å². The van der Waals surface area contributed by atoms with E-state index in [0.29, 0.717) is 10.8 Å². The van der Waals surface area contributed by atoms with Crippen molar-refractivity contribution in [2.75, 3.05) is 0 Å². The third kappa shape index (κ3) is 4.92. The van der Waals surface area contributed by atoms with Gasteiger partial charge >= 0.3 is 0 Å². The zero-order valence-electron chi connectivity index (χ0n) is 16.2. The summed E-state index contributed by atoms with van der Waals surface area (Å²) in [6.45, 7) is 4.71. The summed E-state index contributed by atoms with van der Waals surface area (Å²) in [6, 6.07) is 3.69. The highest BCUT2D eigenvalue weighted by Crippen LogP contribution is 2.52. The molecule has 2 fully saturated rings. The van der Waals surface area contributed by atoms with E-state index in [4.69, 9.17) is 0 Å². The van der Waals surface area contributed by atoms with Gasteiger partial charge in [0.05, 0.1) is 0 Å². The molecule has 0 radical (unpaired) electrons. The molecule has 2 saturated carbocycles. The number of benzene rings is 1. The van der Waals surface area contributed by atoms with Gasteiger partial charge < -0.3 is 10.2 Å². The Bertz CT molecular complexity index is 582. The Morgan fingerprint density at radius 1 is 0.880 bits per heavy atom. The minimum atomic E-state index is 0.0378. The largest absolute Gasteiger partial charge is 0.504 e. The molecule has 0 heterocycles. The van der Waals surface area contributed by atoms with Gasteiger partial charge in [0.2, 0.25) is 0 Å². The van der Waals surface area contributed by atoms with Crippen molar-refractivity contribution in [3.05, 3.63) is 23.3 Å². The van der Waals surface area contributed by atoms with Gasteiger partial charge in [0, 0.05) is 5.56 Å². The fourth-order valence-electron chi connectivity index (χ4n) is 4.27. The minimum absolute atomic E-state index is 0.0378. The number of hydrogen-bond donors (Lipinski definition) is 2. The van der Waals surface area contributed by atoms with Crippen LogP contribution in [-0.2, 0) is 12.8 Å². The summed E-state index contributed by atoms with van der Waals surface area (Å²) >= 11 is 0. The standard InChI is InChI=1S/C23H36O2/c1-3-23(16-17-23)13-7-4-8-18-10-11-20(24)21(25)19(18)9-5-6-12-22(2)14-15-22/h10-11,24-25H,3-9,12-17H2,1-2H3. The Morgan fingerprint density at radius 2 is 1.56 bits per heavy atom. The van der Waals surface area contributed by atoms with E-state index in [1.807, 2.05) is 6.07 Å². The fourth-order valence-corrected chi connectivity index (χ4v) is 4.27. The van der Waals surface area contributed by atoms with Crippen LogP contribution in [0.4, 0.5) is 0 Å². The maximum atomic E-state index is 10.3. The van der Waals surface area contributed by atoms with Crippen LogP contribution in [0, 0.1) is 10.8 Å². The molecule has 2 aliphatic carbocycles. The molecule has 2 N–H and O–H groups in total. The number of phenols is 2. The summed E-state index contributed by atoms with van der Waals surface area (Å²) in [5.41, 5.74) is 3.53. The first kappa shape index (κ1) is 18.6. The van der Waals surface area contributed by atoms with Gasteiger partial charge in [-0.25, -0.2) is 0 Å². The van der Waals surface area contributed by atoms with Crippen LogP contribution in [0.2, 0.25) is 0 Å². The molecule has 2 heteroatoms. The molecule has 0 atom stereocenters. The van der Waals surface area contributed by atoms with Gasteiger partial charge in [0.25, 0.3) is 0 Å². The number of rotatable bonds is 11. The lowest BCUT2D eigenvalue weighted by atomic mass is 9.92. The summed E-state index contributed by atoms with van der Waals surface area (Å²) in [5.74, 6) is 0.165. The zero-order chi connectivity index (χ0) is 17.9. The van der Waals surface area contributed by atoms with Crippen molar-refractivity contribution in [1.29, 1.82) is 0 Å². The van der Waals surface area contributed by atoms with Crippen LogP contribution in [0.25, 0.3) is 0 Å². The lowest BCUT2D eigenvalue weighted by molar-refractivity contribution is 0.396. The molecule has 0 unspecified atom stereocenters. The van der Waals surface area contributed by atoms with E-state index < -0.39 is 0 Å². The Hall–Kier alpha value is -1.18. The van der Waals surface area contributed by atoms with Gasteiger partial charge in [-0.15, -0.1) is 0 Å². The molecule has 140 valence electrons. The molecule has 1 aromatic rings. The highest BCUT2D eigenvalue weighted by Gasteiger charge is 2.39. The van der Waals surface area contributed by atoms with Crippen molar-refractivity contribution in [1.82, 2.24) is 0 Å². The molecular formula is C23H36O2. The predicted octanol–water partition coefficient (Wildman–Crippen LogP) is 6.51. The van der Waals surface area contributed by atoms with Crippen molar-refractivity contribution in [2.24, 2.45) is 10.8 Å². The van der Waals surface area contributed by atoms with Gasteiger partial charge in [0.15, 0.2) is 11.5 Å². The maximum Gasteiger partial charge on any atom is 0.160 e. The third-order valence-corrected chi connectivity index (χ3v) is 7.03. The monoisotopic (exact) mass is 344 g/mol. The van der Waals surface area contributed by atoms with Gasteiger partial charge in [-0.05, 0) is 86.7 Å². The van der Waals surface area contributed by atoms with E-state index in [1.54, 1.807) is 6.07 Å². The molecule has 2 aliphatic rings. The number of aromatic hydroxyl groups is 2. The van der Waals surface area contributed by atoms with Crippen molar-refractivity contribution in [3.8, 4) is 11.5 Å². The van der Waals surface area contributed by atoms with E-state index in [9.17, 15) is 10.2 Å². The van der Waals surface area contributed by atoms with Crippen LogP contribution in [0.1, 0.15) is 95.6 Å².